The number of nitrogens with zero attached hydrogens (tertiary/aromatic N) is 2. The Morgan fingerprint density at radius 2 is 1.92 bits per heavy atom. The molecule has 0 saturated carbocycles. The van der Waals surface area contributed by atoms with Crippen molar-refractivity contribution in [3.8, 4) is 23.1 Å². The van der Waals surface area contributed by atoms with E-state index in [9.17, 15) is 5.26 Å². The summed E-state index contributed by atoms with van der Waals surface area (Å²) in [5.41, 5.74) is 6.25. The summed E-state index contributed by atoms with van der Waals surface area (Å²) in [5.74, 6) is 1.23. The van der Waals surface area contributed by atoms with Crippen LogP contribution in [0.15, 0.2) is 42.5 Å². The van der Waals surface area contributed by atoms with Crippen LogP contribution in [0.3, 0.4) is 0 Å². The zero-order chi connectivity index (χ0) is 18.7. The lowest BCUT2D eigenvalue weighted by molar-refractivity contribution is 0.340. The number of anilines is 1. The number of benzene rings is 2. The van der Waals surface area contributed by atoms with Gasteiger partial charge < -0.3 is 9.30 Å². The van der Waals surface area contributed by atoms with Crippen molar-refractivity contribution in [2.75, 3.05) is 12.1 Å². The first kappa shape index (κ1) is 17.8. The van der Waals surface area contributed by atoms with Crippen LogP contribution in [0.4, 0.5) is 5.69 Å². The zero-order valence-corrected chi connectivity index (χ0v) is 15.3. The maximum atomic E-state index is 9.85. The summed E-state index contributed by atoms with van der Waals surface area (Å²) in [5, 5.41) is 19.8. The predicted octanol–water partition coefficient (Wildman–Crippen LogP) is 5.04. The minimum Gasteiger partial charge on any atom is -0.494 e. The Morgan fingerprint density at radius 3 is 2.50 bits per heavy atom. The van der Waals surface area contributed by atoms with Crippen LogP contribution in [0.1, 0.15) is 26.3 Å². The molecule has 3 rings (SSSR count). The van der Waals surface area contributed by atoms with E-state index in [2.05, 4.69) is 30.0 Å². The molecular formula is C21H23N3O2. The number of rotatable bonds is 6. The molecule has 2 aromatic carbocycles. The molecule has 1 aromatic heterocycles. The molecule has 0 aliphatic heterocycles. The van der Waals surface area contributed by atoms with E-state index < -0.39 is 0 Å². The number of nitriles is 1. The second-order valence-corrected chi connectivity index (χ2v) is 6.64. The zero-order valence-electron chi connectivity index (χ0n) is 15.3. The van der Waals surface area contributed by atoms with E-state index in [1.807, 2.05) is 37.3 Å². The van der Waals surface area contributed by atoms with E-state index in [1.54, 1.807) is 12.1 Å². The monoisotopic (exact) mass is 349 g/mol. The van der Waals surface area contributed by atoms with Crippen LogP contribution in [0.25, 0.3) is 22.2 Å². The lowest BCUT2D eigenvalue weighted by Crippen LogP contribution is -2.06. The number of hydrogen-bond acceptors (Lipinski definition) is 4. The highest BCUT2D eigenvalue weighted by atomic mass is 16.5. The number of nitrogens with one attached hydrogen (secondary N) is 1. The summed E-state index contributed by atoms with van der Waals surface area (Å²) in [7, 11) is 0. The molecule has 0 radical (unpaired) electrons. The van der Waals surface area contributed by atoms with Crippen LogP contribution < -0.4 is 10.2 Å². The molecule has 2 N–H and O–H groups in total. The maximum absolute atomic E-state index is 9.85. The molecule has 3 aromatic rings. The van der Waals surface area contributed by atoms with Gasteiger partial charge in [-0.3, -0.25) is 10.7 Å². The third kappa shape index (κ3) is 3.24. The lowest BCUT2D eigenvalue weighted by atomic mass is 10.1. The molecule has 5 nitrogen and oxygen atoms in total. The third-order valence-electron chi connectivity index (χ3n) is 4.29. The maximum Gasteiger partial charge on any atom is 0.121 e. The van der Waals surface area contributed by atoms with Crippen molar-refractivity contribution < 1.29 is 9.94 Å². The van der Waals surface area contributed by atoms with Gasteiger partial charge in [0.25, 0.3) is 0 Å². The first-order chi connectivity index (χ1) is 12.6. The van der Waals surface area contributed by atoms with Gasteiger partial charge in [-0.1, -0.05) is 26.0 Å². The molecule has 0 bridgehead atoms. The summed E-state index contributed by atoms with van der Waals surface area (Å²) in [6, 6.07) is 15.7. The van der Waals surface area contributed by atoms with Crippen molar-refractivity contribution in [1.29, 1.82) is 5.26 Å². The van der Waals surface area contributed by atoms with E-state index in [0.29, 0.717) is 23.8 Å². The summed E-state index contributed by atoms with van der Waals surface area (Å²) < 4.78 is 7.86. The molecule has 0 amide bonds. The molecule has 0 fully saturated rings. The Bertz CT molecular complexity index is 950. The average Bonchev–Trinajstić information content (AvgIpc) is 2.94. The highest BCUT2D eigenvalue weighted by Crippen LogP contribution is 2.36. The van der Waals surface area contributed by atoms with E-state index in [0.717, 1.165) is 34.5 Å². The van der Waals surface area contributed by atoms with Gasteiger partial charge >= 0.3 is 0 Å². The smallest absolute Gasteiger partial charge is 0.121 e. The number of fused-ring (bicyclic) bond motifs is 1. The molecule has 134 valence electrons. The van der Waals surface area contributed by atoms with Gasteiger partial charge in [0.05, 0.1) is 29.1 Å². The van der Waals surface area contributed by atoms with Crippen molar-refractivity contribution in [3.63, 3.8) is 0 Å². The molecule has 1 heterocycles. The predicted molar refractivity (Wildman–Crippen MR) is 104 cm³/mol. The minimum atomic E-state index is 0.421. The number of hydrogen-bond donors (Lipinski definition) is 2. The van der Waals surface area contributed by atoms with Gasteiger partial charge in [0.15, 0.2) is 0 Å². The van der Waals surface area contributed by atoms with Crippen LogP contribution in [0, 0.1) is 17.2 Å². The standard InChI is InChI=1S/C21H23N3O2/c1-4-26-17-9-10-18-19(12-22)21(15-5-7-16(23-25)8-6-15)24(13-14(2)3)20(18)11-17/h5-11,14,23,25H,4,13H2,1-3H3. The van der Waals surface area contributed by atoms with Crippen molar-refractivity contribution >= 4 is 16.6 Å². The van der Waals surface area contributed by atoms with Gasteiger partial charge in [-0.15, -0.1) is 0 Å². The van der Waals surface area contributed by atoms with Gasteiger partial charge in [0, 0.05) is 18.0 Å². The Balaban J connectivity index is 2.29. The fourth-order valence-corrected chi connectivity index (χ4v) is 3.26. The summed E-state index contributed by atoms with van der Waals surface area (Å²) in [6.07, 6.45) is 0. The second-order valence-electron chi connectivity index (χ2n) is 6.64. The van der Waals surface area contributed by atoms with Gasteiger partial charge in [-0.05, 0) is 42.7 Å². The highest BCUT2D eigenvalue weighted by Gasteiger charge is 2.20. The van der Waals surface area contributed by atoms with E-state index in [4.69, 9.17) is 9.94 Å². The van der Waals surface area contributed by atoms with Crippen LogP contribution in [-0.4, -0.2) is 16.4 Å². The minimum absolute atomic E-state index is 0.421. The van der Waals surface area contributed by atoms with Gasteiger partial charge in [0.2, 0.25) is 0 Å². The molecule has 0 aliphatic carbocycles. The van der Waals surface area contributed by atoms with Gasteiger partial charge in [-0.25, -0.2) is 0 Å². The largest absolute Gasteiger partial charge is 0.494 e. The lowest BCUT2D eigenvalue weighted by Gasteiger charge is -2.14. The molecule has 0 saturated heterocycles. The second kappa shape index (κ2) is 7.51. The highest BCUT2D eigenvalue weighted by molar-refractivity contribution is 5.95. The fraction of sp³-hybridized carbons (Fsp3) is 0.286. The van der Waals surface area contributed by atoms with E-state index >= 15 is 0 Å². The first-order valence-corrected chi connectivity index (χ1v) is 8.78. The van der Waals surface area contributed by atoms with E-state index in [-0.39, 0.29) is 0 Å². The molecular weight excluding hydrogens is 326 g/mol. The van der Waals surface area contributed by atoms with Crippen LogP contribution in [-0.2, 0) is 6.54 Å². The third-order valence-corrected chi connectivity index (χ3v) is 4.29. The van der Waals surface area contributed by atoms with Crippen LogP contribution in [0.5, 0.6) is 5.75 Å². The Morgan fingerprint density at radius 1 is 1.19 bits per heavy atom. The van der Waals surface area contributed by atoms with Gasteiger partial charge in [-0.2, -0.15) is 5.26 Å². The Kier molecular flexibility index (Phi) is 5.15. The van der Waals surface area contributed by atoms with Crippen molar-refractivity contribution in [3.05, 3.63) is 48.0 Å². The normalized spacial score (nSPS) is 10.9. The van der Waals surface area contributed by atoms with Crippen LogP contribution >= 0.6 is 0 Å². The Labute approximate surface area is 153 Å². The van der Waals surface area contributed by atoms with Crippen molar-refractivity contribution in [2.24, 2.45) is 5.92 Å². The first-order valence-electron chi connectivity index (χ1n) is 8.78. The summed E-state index contributed by atoms with van der Waals surface area (Å²) >= 11 is 0. The quantitative estimate of drug-likeness (QED) is 0.612. The molecule has 0 aliphatic rings. The fourth-order valence-electron chi connectivity index (χ4n) is 3.26. The topological polar surface area (TPSA) is 70.2 Å². The summed E-state index contributed by atoms with van der Waals surface area (Å²) in [4.78, 5) is 0. The number of aromatic nitrogens is 1. The molecule has 5 heteroatoms. The van der Waals surface area contributed by atoms with Gasteiger partial charge in [0.1, 0.15) is 11.8 Å². The van der Waals surface area contributed by atoms with E-state index in [1.165, 1.54) is 0 Å². The Hall–Kier alpha value is -2.97. The SMILES string of the molecule is CCOc1ccc2c(C#N)c(-c3ccc(NO)cc3)n(CC(C)C)c2c1. The molecule has 26 heavy (non-hydrogen) atoms. The molecule has 0 spiro atoms. The van der Waals surface area contributed by atoms with Crippen molar-refractivity contribution in [1.82, 2.24) is 4.57 Å². The average molecular weight is 349 g/mol. The summed E-state index contributed by atoms with van der Waals surface area (Å²) in [6.45, 7) is 7.67. The van der Waals surface area contributed by atoms with Crippen molar-refractivity contribution in [2.45, 2.75) is 27.3 Å². The van der Waals surface area contributed by atoms with Crippen LogP contribution in [0.2, 0.25) is 0 Å². The molecule has 0 atom stereocenters. The molecule has 0 unspecified atom stereocenters. The number of ether oxygens (including phenoxy) is 1.